The van der Waals surface area contributed by atoms with E-state index >= 15 is 0 Å². The van der Waals surface area contributed by atoms with Gasteiger partial charge in [0.1, 0.15) is 12.4 Å². The minimum atomic E-state index is -0.491. The maximum absolute atomic E-state index is 13.2. The summed E-state index contributed by atoms with van der Waals surface area (Å²) in [5.41, 5.74) is 3.41. The van der Waals surface area contributed by atoms with E-state index in [1.165, 1.54) is 6.08 Å². The Hall–Kier alpha value is -2.34. The van der Waals surface area contributed by atoms with E-state index in [9.17, 15) is 9.59 Å². The normalized spacial score (nSPS) is 20.7. The van der Waals surface area contributed by atoms with Crippen molar-refractivity contribution in [2.24, 2.45) is 5.41 Å². The number of halogens is 1. The van der Waals surface area contributed by atoms with E-state index < -0.39 is 11.9 Å². The Morgan fingerprint density at radius 2 is 2.10 bits per heavy atom. The topological polar surface area (TPSA) is 64.6 Å². The molecule has 5 nitrogen and oxygen atoms in total. The molecule has 1 aromatic rings. The van der Waals surface area contributed by atoms with Crippen molar-refractivity contribution in [1.82, 2.24) is 5.32 Å². The van der Waals surface area contributed by atoms with Crippen LogP contribution in [-0.4, -0.2) is 25.5 Å². The van der Waals surface area contributed by atoms with Gasteiger partial charge in [-0.05, 0) is 52.4 Å². The van der Waals surface area contributed by atoms with Gasteiger partial charge in [-0.1, -0.05) is 32.6 Å². The van der Waals surface area contributed by atoms with Crippen molar-refractivity contribution < 1.29 is 19.1 Å². The molecule has 1 aliphatic carbocycles. The molecule has 1 atom stereocenters. The van der Waals surface area contributed by atoms with Gasteiger partial charge in [0.2, 0.25) is 0 Å². The maximum atomic E-state index is 13.2. The highest BCUT2D eigenvalue weighted by molar-refractivity contribution is 9.10. The van der Waals surface area contributed by atoms with Crippen molar-refractivity contribution in [2.75, 3.05) is 13.7 Å². The first kappa shape index (κ1) is 21.4. The zero-order valence-electron chi connectivity index (χ0n) is 17.2. The number of Topliss-reactive ketones (excluding diaryl/α,β-unsaturated/α-hetero) is 1. The molecule has 1 aromatic carbocycles. The highest BCUT2D eigenvalue weighted by Gasteiger charge is 2.43. The van der Waals surface area contributed by atoms with E-state index in [4.69, 9.17) is 9.47 Å². The molecule has 0 aromatic heterocycles. The molecule has 0 bridgehead atoms. The maximum Gasteiger partial charge on any atom is 0.337 e. The third-order valence-corrected chi connectivity index (χ3v) is 5.92. The van der Waals surface area contributed by atoms with E-state index in [-0.39, 0.29) is 17.8 Å². The summed E-state index contributed by atoms with van der Waals surface area (Å²) in [6.07, 6.45) is 2.71. The summed E-state index contributed by atoms with van der Waals surface area (Å²) in [5.74, 6) is -0.197. The minimum Gasteiger partial charge on any atom is -0.496 e. The summed E-state index contributed by atoms with van der Waals surface area (Å²) in [6.45, 7) is 9.74. The standard InChI is InChI=1S/C23H26BrNO4/c1-6-9-29-22(27)19-13(2)25-16-11-23(3,4)12-17(26)21(16)20(19)14-7-8-18(28-5)15(24)10-14/h6-8,10,20,25H,1,9,11-12H2,2-5H3. The van der Waals surface area contributed by atoms with E-state index in [2.05, 4.69) is 41.7 Å². The van der Waals surface area contributed by atoms with Crippen molar-refractivity contribution >= 4 is 27.7 Å². The van der Waals surface area contributed by atoms with Crippen LogP contribution in [0.1, 0.15) is 45.1 Å². The van der Waals surface area contributed by atoms with Gasteiger partial charge in [-0.25, -0.2) is 4.79 Å². The van der Waals surface area contributed by atoms with Crippen molar-refractivity contribution in [1.29, 1.82) is 0 Å². The fraction of sp³-hybridized carbons (Fsp3) is 0.391. The number of allylic oxidation sites excluding steroid dienone is 3. The van der Waals surface area contributed by atoms with Gasteiger partial charge in [0.25, 0.3) is 0 Å². The molecule has 0 radical (unpaired) electrons. The number of benzene rings is 1. The lowest BCUT2D eigenvalue weighted by molar-refractivity contribution is -0.138. The molecule has 0 saturated carbocycles. The number of nitrogens with one attached hydrogen (secondary N) is 1. The molecule has 0 amide bonds. The first-order valence-electron chi connectivity index (χ1n) is 9.54. The van der Waals surface area contributed by atoms with E-state index in [1.807, 2.05) is 25.1 Å². The number of hydrogen-bond acceptors (Lipinski definition) is 5. The lowest BCUT2D eigenvalue weighted by Gasteiger charge is -2.39. The van der Waals surface area contributed by atoms with Gasteiger partial charge in [-0.2, -0.15) is 0 Å². The molecule has 0 spiro atoms. The fourth-order valence-electron chi connectivity index (χ4n) is 4.11. The van der Waals surface area contributed by atoms with Gasteiger partial charge in [0, 0.05) is 29.3 Å². The van der Waals surface area contributed by atoms with E-state index in [1.54, 1.807) is 7.11 Å². The summed E-state index contributed by atoms with van der Waals surface area (Å²) < 4.78 is 11.5. The van der Waals surface area contributed by atoms with Crippen molar-refractivity contribution in [2.45, 2.75) is 39.5 Å². The molecule has 2 aliphatic rings. The van der Waals surface area contributed by atoms with Crippen molar-refractivity contribution in [3.8, 4) is 5.75 Å². The zero-order valence-corrected chi connectivity index (χ0v) is 18.8. The fourth-order valence-corrected chi connectivity index (χ4v) is 4.67. The highest BCUT2D eigenvalue weighted by atomic mass is 79.9. The quantitative estimate of drug-likeness (QED) is 0.506. The number of hydrogen-bond donors (Lipinski definition) is 1. The number of rotatable bonds is 5. The van der Waals surface area contributed by atoms with Gasteiger partial charge in [0.05, 0.1) is 17.2 Å². The summed E-state index contributed by atoms with van der Waals surface area (Å²) in [5, 5.41) is 3.32. The molecule has 1 N–H and O–H groups in total. The van der Waals surface area contributed by atoms with Crippen LogP contribution in [0.2, 0.25) is 0 Å². The molecule has 1 aliphatic heterocycles. The van der Waals surface area contributed by atoms with Gasteiger partial charge in [0.15, 0.2) is 5.78 Å². The van der Waals surface area contributed by atoms with Crippen LogP contribution < -0.4 is 10.1 Å². The van der Waals surface area contributed by atoms with Crippen LogP contribution in [-0.2, 0) is 14.3 Å². The third kappa shape index (κ3) is 4.17. The SMILES string of the molecule is C=CCOC(=O)C1=C(C)NC2=C(C(=O)CC(C)(C)C2)C1c1ccc(OC)c(Br)c1. The first-order valence-corrected chi connectivity index (χ1v) is 10.3. The Bertz CT molecular complexity index is 942. The molecular weight excluding hydrogens is 434 g/mol. The van der Waals surface area contributed by atoms with Crippen LogP contribution in [0.15, 0.2) is 57.9 Å². The number of dihydropyridines is 1. The van der Waals surface area contributed by atoms with Crippen molar-refractivity contribution in [3.05, 3.63) is 63.4 Å². The van der Waals surface area contributed by atoms with Crippen LogP contribution in [0.5, 0.6) is 5.75 Å². The number of carbonyl (C=O) groups excluding carboxylic acids is 2. The zero-order chi connectivity index (χ0) is 21.3. The minimum absolute atomic E-state index is 0.0576. The second kappa shape index (κ2) is 8.19. The smallest absolute Gasteiger partial charge is 0.337 e. The molecular formula is C23H26BrNO4. The first-order chi connectivity index (χ1) is 13.7. The van der Waals surface area contributed by atoms with Gasteiger partial charge in [-0.3, -0.25) is 4.79 Å². The Morgan fingerprint density at radius 3 is 2.72 bits per heavy atom. The number of esters is 1. The second-order valence-corrected chi connectivity index (χ2v) is 9.07. The van der Waals surface area contributed by atoms with Crippen LogP contribution >= 0.6 is 15.9 Å². The predicted octanol–water partition coefficient (Wildman–Crippen LogP) is 4.79. The molecule has 1 unspecified atom stereocenters. The molecule has 154 valence electrons. The molecule has 0 saturated heterocycles. The summed E-state index contributed by atoms with van der Waals surface area (Å²) in [4.78, 5) is 26.1. The third-order valence-electron chi connectivity index (χ3n) is 5.30. The van der Waals surface area contributed by atoms with Gasteiger partial charge < -0.3 is 14.8 Å². The molecule has 0 fully saturated rings. The largest absolute Gasteiger partial charge is 0.496 e. The number of ketones is 1. The Labute approximate surface area is 180 Å². The highest BCUT2D eigenvalue weighted by Crippen LogP contribution is 2.47. The van der Waals surface area contributed by atoms with Gasteiger partial charge in [-0.15, -0.1) is 0 Å². The monoisotopic (exact) mass is 459 g/mol. The molecule has 1 heterocycles. The van der Waals surface area contributed by atoms with Crippen LogP contribution in [0.3, 0.4) is 0 Å². The Morgan fingerprint density at radius 1 is 1.38 bits per heavy atom. The number of methoxy groups -OCH3 is 1. The molecule has 6 heteroatoms. The molecule has 3 rings (SSSR count). The van der Waals surface area contributed by atoms with Crippen LogP contribution in [0.4, 0.5) is 0 Å². The lowest BCUT2D eigenvalue weighted by Crippen LogP contribution is -2.38. The average Bonchev–Trinajstić information content (AvgIpc) is 2.63. The van der Waals surface area contributed by atoms with Crippen LogP contribution in [0.25, 0.3) is 0 Å². The number of ether oxygens (including phenoxy) is 2. The van der Waals surface area contributed by atoms with Gasteiger partial charge >= 0.3 is 5.97 Å². The molecule has 29 heavy (non-hydrogen) atoms. The van der Waals surface area contributed by atoms with E-state index in [0.29, 0.717) is 29.0 Å². The second-order valence-electron chi connectivity index (χ2n) is 8.21. The number of carbonyl (C=O) groups is 2. The predicted molar refractivity (Wildman–Crippen MR) is 115 cm³/mol. The summed E-state index contributed by atoms with van der Waals surface area (Å²) >= 11 is 3.52. The lowest BCUT2D eigenvalue weighted by atomic mass is 9.68. The Balaban J connectivity index is 2.17. The summed E-state index contributed by atoms with van der Waals surface area (Å²) in [6, 6.07) is 5.63. The van der Waals surface area contributed by atoms with Crippen LogP contribution in [0, 0.1) is 5.41 Å². The van der Waals surface area contributed by atoms with E-state index in [0.717, 1.165) is 22.2 Å². The van der Waals surface area contributed by atoms with Crippen molar-refractivity contribution in [3.63, 3.8) is 0 Å². The summed E-state index contributed by atoms with van der Waals surface area (Å²) in [7, 11) is 1.60. The average molecular weight is 460 g/mol. The Kier molecular flexibility index (Phi) is 6.03.